The fourth-order valence-electron chi connectivity index (χ4n) is 3.56. The molecule has 1 aliphatic rings. The Labute approximate surface area is 187 Å². The Morgan fingerprint density at radius 2 is 1.94 bits per heavy atom. The molecule has 0 saturated carbocycles. The molecule has 2 N–H and O–H groups in total. The number of nitrogens with one attached hydrogen (secondary N) is 2. The number of carbonyl (C=O) groups is 1. The van der Waals surface area contributed by atoms with Gasteiger partial charge in [0, 0.05) is 43.0 Å². The first kappa shape index (κ1) is 21.7. The van der Waals surface area contributed by atoms with Crippen LogP contribution in [0, 0.1) is 6.92 Å². The van der Waals surface area contributed by atoms with Crippen LogP contribution in [0.1, 0.15) is 11.3 Å². The summed E-state index contributed by atoms with van der Waals surface area (Å²) in [4.78, 5) is 19.1. The van der Waals surface area contributed by atoms with Crippen molar-refractivity contribution in [2.45, 2.75) is 13.3 Å². The number of methoxy groups -OCH3 is 1. The van der Waals surface area contributed by atoms with E-state index in [2.05, 4.69) is 26.6 Å². The summed E-state index contributed by atoms with van der Waals surface area (Å²) in [6.07, 6.45) is 2.19. The largest absolute Gasteiger partial charge is 0.497 e. The zero-order chi connectivity index (χ0) is 22.3. The van der Waals surface area contributed by atoms with Crippen LogP contribution in [0.3, 0.4) is 0 Å². The maximum Gasteiger partial charge on any atom is 0.319 e. The molecule has 2 amide bonds. The summed E-state index contributed by atoms with van der Waals surface area (Å²) in [7, 11) is 1.63. The number of aromatic nitrogens is 1. The number of hydrogen-bond donors (Lipinski definition) is 2. The standard InChI is InChI=1S/C24H28N4O4/c1-17-15-20(28-11-13-31-14-12-28)5-8-22(17)27-24(29)25-10-9-19-16-32-23(26-19)18-3-6-21(30-2)7-4-18/h3-8,15-16H,9-14H2,1-2H3,(H2,25,27,29). The van der Waals surface area contributed by atoms with Crippen LogP contribution in [0.15, 0.2) is 53.1 Å². The number of amides is 2. The van der Waals surface area contributed by atoms with Crippen LogP contribution >= 0.6 is 0 Å². The van der Waals surface area contributed by atoms with Crippen LogP contribution in [-0.4, -0.2) is 51.0 Å². The summed E-state index contributed by atoms with van der Waals surface area (Å²) in [5, 5.41) is 5.79. The molecule has 0 unspecified atom stereocenters. The third-order valence-electron chi connectivity index (χ3n) is 5.39. The van der Waals surface area contributed by atoms with Crippen LogP contribution in [0.2, 0.25) is 0 Å². The maximum atomic E-state index is 12.3. The average Bonchev–Trinajstić information content (AvgIpc) is 3.30. The molecule has 4 rings (SSSR count). The van der Waals surface area contributed by atoms with Crippen LogP contribution < -0.4 is 20.3 Å². The van der Waals surface area contributed by atoms with Crippen molar-refractivity contribution >= 4 is 17.4 Å². The Balaban J connectivity index is 1.26. The number of urea groups is 1. The highest BCUT2D eigenvalue weighted by molar-refractivity contribution is 5.90. The van der Waals surface area contributed by atoms with Gasteiger partial charge in [-0.2, -0.15) is 0 Å². The van der Waals surface area contributed by atoms with Gasteiger partial charge in [-0.15, -0.1) is 0 Å². The van der Waals surface area contributed by atoms with Crippen LogP contribution in [0.4, 0.5) is 16.2 Å². The minimum Gasteiger partial charge on any atom is -0.497 e. The van der Waals surface area contributed by atoms with Gasteiger partial charge in [-0.3, -0.25) is 0 Å². The molecule has 0 atom stereocenters. The van der Waals surface area contributed by atoms with E-state index in [4.69, 9.17) is 13.9 Å². The number of anilines is 2. The molecule has 3 aromatic rings. The van der Waals surface area contributed by atoms with Crippen molar-refractivity contribution in [2.75, 3.05) is 50.2 Å². The average molecular weight is 437 g/mol. The lowest BCUT2D eigenvalue weighted by atomic mass is 10.1. The Morgan fingerprint density at radius 1 is 1.16 bits per heavy atom. The molecule has 8 nitrogen and oxygen atoms in total. The van der Waals surface area contributed by atoms with Crippen LogP contribution in [0.5, 0.6) is 5.75 Å². The summed E-state index contributed by atoms with van der Waals surface area (Å²) < 4.78 is 16.1. The fourth-order valence-corrected chi connectivity index (χ4v) is 3.56. The molecule has 0 spiro atoms. The van der Waals surface area contributed by atoms with Gasteiger partial charge < -0.3 is 29.4 Å². The molecule has 1 aromatic heterocycles. The second-order valence-corrected chi connectivity index (χ2v) is 7.60. The topological polar surface area (TPSA) is 88.9 Å². The second-order valence-electron chi connectivity index (χ2n) is 7.60. The highest BCUT2D eigenvalue weighted by Crippen LogP contribution is 2.24. The molecule has 2 heterocycles. The molecule has 32 heavy (non-hydrogen) atoms. The maximum absolute atomic E-state index is 12.3. The van der Waals surface area contributed by atoms with E-state index in [-0.39, 0.29) is 6.03 Å². The minimum absolute atomic E-state index is 0.244. The summed E-state index contributed by atoms with van der Waals surface area (Å²) in [5.41, 5.74) is 4.61. The van der Waals surface area contributed by atoms with Crippen molar-refractivity contribution in [3.05, 3.63) is 60.0 Å². The quantitative estimate of drug-likeness (QED) is 0.585. The fraction of sp³-hybridized carbons (Fsp3) is 0.333. The lowest BCUT2D eigenvalue weighted by molar-refractivity contribution is 0.122. The molecule has 0 aliphatic carbocycles. The monoisotopic (exact) mass is 436 g/mol. The molecule has 1 saturated heterocycles. The third-order valence-corrected chi connectivity index (χ3v) is 5.39. The van der Waals surface area contributed by atoms with Gasteiger partial charge in [0.1, 0.15) is 12.0 Å². The van der Waals surface area contributed by atoms with Gasteiger partial charge in [0.2, 0.25) is 5.89 Å². The minimum atomic E-state index is -0.244. The van der Waals surface area contributed by atoms with Crippen LogP contribution in [0.25, 0.3) is 11.5 Å². The number of hydrogen-bond acceptors (Lipinski definition) is 6. The number of oxazole rings is 1. The van der Waals surface area contributed by atoms with Gasteiger partial charge in [-0.05, 0) is 55.0 Å². The molecular formula is C24H28N4O4. The second kappa shape index (κ2) is 10.2. The van der Waals surface area contributed by atoms with Crippen molar-refractivity contribution < 1.29 is 18.7 Å². The summed E-state index contributed by atoms with van der Waals surface area (Å²) in [5.74, 6) is 1.32. The van der Waals surface area contributed by atoms with Gasteiger partial charge in [0.25, 0.3) is 0 Å². The number of carbonyl (C=O) groups excluding carboxylic acids is 1. The Hall–Kier alpha value is -3.52. The normalized spacial score (nSPS) is 13.6. The van der Waals surface area contributed by atoms with Crippen molar-refractivity contribution in [3.63, 3.8) is 0 Å². The molecule has 168 valence electrons. The first-order valence-electron chi connectivity index (χ1n) is 10.7. The molecule has 0 radical (unpaired) electrons. The van der Waals surface area contributed by atoms with Crippen LogP contribution in [-0.2, 0) is 11.2 Å². The number of ether oxygens (including phenoxy) is 2. The first-order valence-corrected chi connectivity index (χ1v) is 10.7. The zero-order valence-corrected chi connectivity index (χ0v) is 18.4. The summed E-state index contributed by atoms with van der Waals surface area (Å²) in [6, 6.07) is 13.3. The van der Waals surface area contributed by atoms with E-state index in [0.29, 0.717) is 18.9 Å². The molecule has 0 bridgehead atoms. The Morgan fingerprint density at radius 3 is 2.66 bits per heavy atom. The van der Waals surface area contributed by atoms with Gasteiger partial charge in [-0.1, -0.05) is 0 Å². The lowest BCUT2D eigenvalue weighted by Gasteiger charge is -2.29. The number of morpholine rings is 1. The Bertz CT molecular complexity index is 1040. The van der Waals surface area contributed by atoms with E-state index >= 15 is 0 Å². The number of benzene rings is 2. The summed E-state index contributed by atoms with van der Waals surface area (Å²) >= 11 is 0. The van der Waals surface area contributed by atoms with Gasteiger partial charge in [-0.25, -0.2) is 9.78 Å². The van der Waals surface area contributed by atoms with Gasteiger partial charge >= 0.3 is 6.03 Å². The smallest absolute Gasteiger partial charge is 0.319 e. The SMILES string of the molecule is COc1ccc(-c2nc(CCNC(=O)Nc3ccc(N4CCOCC4)cc3C)co2)cc1. The Kier molecular flexibility index (Phi) is 6.91. The predicted molar refractivity (Wildman–Crippen MR) is 123 cm³/mol. The lowest BCUT2D eigenvalue weighted by Crippen LogP contribution is -2.36. The van der Waals surface area contributed by atoms with E-state index in [1.54, 1.807) is 13.4 Å². The van der Waals surface area contributed by atoms with E-state index in [9.17, 15) is 4.79 Å². The summed E-state index contributed by atoms with van der Waals surface area (Å²) in [6.45, 7) is 5.70. The molecule has 1 fully saturated rings. The molecule has 1 aliphatic heterocycles. The number of nitrogens with zero attached hydrogens (tertiary/aromatic N) is 2. The molecule has 2 aromatic carbocycles. The van der Waals surface area contributed by atoms with Crippen molar-refractivity contribution in [1.29, 1.82) is 0 Å². The number of rotatable bonds is 7. The van der Waals surface area contributed by atoms with E-state index in [0.717, 1.165) is 60.2 Å². The first-order chi connectivity index (χ1) is 15.6. The van der Waals surface area contributed by atoms with E-state index in [1.807, 2.05) is 43.3 Å². The van der Waals surface area contributed by atoms with E-state index in [1.165, 1.54) is 0 Å². The highest BCUT2D eigenvalue weighted by atomic mass is 16.5. The van der Waals surface area contributed by atoms with Crippen molar-refractivity contribution in [3.8, 4) is 17.2 Å². The number of aryl methyl sites for hydroxylation is 1. The van der Waals surface area contributed by atoms with Gasteiger partial charge in [0.15, 0.2) is 0 Å². The van der Waals surface area contributed by atoms with E-state index < -0.39 is 0 Å². The van der Waals surface area contributed by atoms with Gasteiger partial charge in [0.05, 0.1) is 26.0 Å². The zero-order valence-electron chi connectivity index (χ0n) is 18.4. The third kappa shape index (κ3) is 5.39. The van der Waals surface area contributed by atoms with Crippen molar-refractivity contribution in [2.24, 2.45) is 0 Å². The van der Waals surface area contributed by atoms with Crippen molar-refractivity contribution in [1.82, 2.24) is 10.3 Å². The molecule has 8 heteroatoms. The highest BCUT2D eigenvalue weighted by Gasteiger charge is 2.13. The molecular weight excluding hydrogens is 408 g/mol. The predicted octanol–water partition coefficient (Wildman–Crippen LogP) is 3.86.